The number of pyridine rings is 1. The molecule has 0 aliphatic carbocycles. The smallest absolute Gasteiger partial charge is 0.179 e. The number of aromatic nitrogens is 3. The van der Waals surface area contributed by atoms with Crippen molar-refractivity contribution < 1.29 is 0 Å². The van der Waals surface area contributed by atoms with Gasteiger partial charge in [0, 0.05) is 6.20 Å². The fraction of sp³-hybridized carbons (Fsp3) is 0.0714. The van der Waals surface area contributed by atoms with E-state index in [4.69, 9.17) is 17.5 Å². The molecule has 1 N–H and O–H groups in total. The first-order chi connectivity index (χ1) is 9.28. The Bertz CT molecular complexity index is 838. The molecule has 0 saturated heterocycles. The second kappa shape index (κ2) is 4.67. The van der Waals surface area contributed by atoms with Gasteiger partial charge in [-0.1, -0.05) is 12.1 Å². The molecule has 0 amide bonds. The van der Waals surface area contributed by atoms with Crippen molar-refractivity contribution in [1.29, 1.82) is 5.26 Å². The summed E-state index contributed by atoms with van der Waals surface area (Å²) in [5.41, 5.74) is 3.43. The molecule has 0 fully saturated rings. The van der Waals surface area contributed by atoms with E-state index in [1.54, 1.807) is 12.3 Å². The van der Waals surface area contributed by atoms with Gasteiger partial charge in [-0.05, 0) is 42.0 Å². The number of benzene rings is 1. The molecule has 0 spiro atoms. The van der Waals surface area contributed by atoms with Gasteiger partial charge < -0.3 is 4.98 Å². The van der Waals surface area contributed by atoms with Crippen LogP contribution in [0.15, 0.2) is 42.6 Å². The van der Waals surface area contributed by atoms with Crippen LogP contribution in [0, 0.1) is 16.1 Å². The largest absolute Gasteiger partial charge is 0.329 e. The van der Waals surface area contributed by atoms with E-state index in [1.165, 1.54) is 0 Å². The van der Waals surface area contributed by atoms with Gasteiger partial charge in [-0.3, -0.25) is 4.57 Å². The number of H-pyrrole nitrogens is 1. The monoisotopic (exact) mass is 266 g/mol. The van der Waals surface area contributed by atoms with Crippen LogP contribution in [0.4, 0.5) is 0 Å². The van der Waals surface area contributed by atoms with E-state index in [0.717, 1.165) is 16.7 Å². The number of hydrogen-bond donors (Lipinski definition) is 1. The van der Waals surface area contributed by atoms with E-state index in [9.17, 15) is 0 Å². The van der Waals surface area contributed by atoms with Gasteiger partial charge in [0.1, 0.15) is 0 Å². The Kier molecular flexibility index (Phi) is 2.86. The Morgan fingerprint density at radius 2 is 2.21 bits per heavy atom. The lowest BCUT2D eigenvalue weighted by molar-refractivity contribution is 0.800. The lowest BCUT2D eigenvalue weighted by Crippen LogP contribution is -2.00. The highest BCUT2D eigenvalue weighted by atomic mass is 32.1. The zero-order chi connectivity index (χ0) is 13.2. The number of nitrogens with one attached hydrogen (secondary N) is 1. The molecule has 0 radical (unpaired) electrons. The van der Waals surface area contributed by atoms with Crippen molar-refractivity contribution in [3.05, 3.63) is 58.5 Å². The molecular formula is C14H10N4S. The predicted molar refractivity (Wildman–Crippen MR) is 75.2 cm³/mol. The molecule has 4 nitrogen and oxygen atoms in total. The first kappa shape index (κ1) is 11.6. The Balaban J connectivity index is 2.08. The van der Waals surface area contributed by atoms with Crippen molar-refractivity contribution >= 4 is 23.4 Å². The number of hydrogen-bond acceptors (Lipinski definition) is 3. The van der Waals surface area contributed by atoms with Crippen LogP contribution in [-0.4, -0.2) is 14.5 Å². The van der Waals surface area contributed by atoms with Crippen molar-refractivity contribution in [3.63, 3.8) is 0 Å². The van der Waals surface area contributed by atoms with Crippen LogP contribution in [0.5, 0.6) is 0 Å². The number of nitrogens with zero attached hydrogens (tertiary/aromatic N) is 3. The molecule has 19 heavy (non-hydrogen) atoms. The normalized spacial score (nSPS) is 10.5. The maximum atomic E-state index is 8.92. The van der Waals surface area contributed by atoms with Crippen molar-refractivity contribution in [2.24, 2.45) is 0 Å². The zero-order valence-electron chi connectivity index (χ0n) is 10.00. The molecule has 2 heterocycles. The topological polar surface area (TPSA) is 57.4 Å². The average Bonchev–Trinajstić information content (AvgIpc) is 2.76. The molecule has 2 aromatic heterocycles. The third-order valence-corrected chi connectivity index (χ3v) is 3.25. The van der Waals surface area contributed by atoms with Crippen molar-refractivity contribution in [1.82, 2.24) is 14.5 Å². The molecule has 92 valence electrons. The fourth-order valence-electron chi connectivity index (χ4n) is 2.06. The summed E-state index contributed by atoms with van der Waals surface area (Å²) in [6.07, 6.45) is 1.74. The fourth-order valence-corrected chi connectivity index (χ4v) is 2.32. The average molecular weight is 266 g/mol. The van der Waals surface area contributed by atoms with Crippen molar-refractivity contribution in [2.75, 3.05) is 0 Å². The number of nitriles is 1. The van der Waals surface area contributed by atoms with Crippen molar-refractivity contribution in [2.45, 2.75) is 6.54 Å². The predicted octanol–water partition coefficient (Wildman–Crippen LogP) is 3.01. The molecular weight excluding hydrogens is 256 g/mol. The number of rotatable bonds is 2. The van der Waals surface area contributed by atoms with Crippen LogP contribution in [0.3, 0.4) is 0 Å². The molecule has 1 aromatic carbocycles. The van der Waals surface area contributed by atoms with Crippen molar-refractivity contribution in [3.8, 4) is 6.07 Å². The standard InChI is InChI=1S/C14H10N4S/c15-8-10-3-1-4-11(7-10)9-18-13-12(17-14(18)19)5-2-6-16-13/h1-7H,9H2,(H,17,19). The highest BCUT2D eigenvalue weighted by Crippen LogP contribution is 2.14. The summed E-state index contributed by atoms with van der Waals surface area (Å²) in [7, 11) is 0. The molecule has 0 atom stereocenters. The maximum absolute atomic E-state index is 8.92. The molecule has 0 bridgehead atoms. The number of fused-ring (bicyclic) bond motifs is 1. The number of aromatic amines is 1. The first-order valence-corrected chi connectivity index (χ1v) is 6.21. The van der Waals surface area contributed by atoms with E-state index in [1.807, 2.05) is 34.9 Å². The molecule has 0 unspecified atom stereocenters. The zero-order valence-corrected chi connectivity index (χ0v) is 10.8. The van der Waals surface area contributed by atoms with E-state index in [-0.39, 0.29) is 0 Å². The van der Waals surface area contributed by atoms with E-state index >= 15 is 0 Å². The van der Waals surface area contributed by atoms with Gasteiger partial charge in [0.25, 0.3) is 0 Å². The Labute approximate surface area is 115 Å². The SMILES string of the molecule is N#Cc1cccc(Cn2c(=S)[nH]c3cccnc32)c1. The second-order valence-electron chi connectivity index (χ2n) is 4.20. The minimum absolute atomic E-state index is 0.603. The van der Waals surface area contributed by atoms with Crippen LogP contribution < -0.4 is 0 Å². The summed E-state index contributed by atoms with van der Waals surface area (Å²) in [5.74, 6) is 0. The molecule has 0 aliphatic rings. The number of imidazole rings is 1. The minimum atomic E-state index is 0.603. The van der Waals surface area contributed by atoms with Crippen LogP contribution in [0.2, 0.25) is 0 Å². The van der Waals surface area contributed by atoms with E-state index in [2.05, 4.69) is 16.0 Å². The van der Waals surface area contributed by atoms with Gasteiger partial charge in [-0.15, -0.1) is 0 Å². The summed E-state index contributed by atoms with van der Waals surface area (Å²) < 4.78 is 2.57. The molecule has 0 saturated carbocycles. The summed E-state index contributed by atoms with van der Waals surface area (Å²) in [4.78, 5) is 7.47. The summed E-state index contributed by atoms with van der Waals surface area (Å²) in [5, 5.41) is 8.92. The third-order valence-electron chi connectivity index (χ3n) is 2.93. The van der Waals surface area contributed by atoms with E-state index < -0.39 is 0 Å². The second-order valence-corrected chi connectivity index (χ2v) is 4.59. The summed E-state index contributed by atoms with van der Waals surface area (Å²) in [6, 6.07) is 13.5. The molecule has 3 rings (SSSR count). The highest BCUT2D eigenvalue weighted by Gasteiger charge is 2.05. The van der Waals surface area contributed by atoms with Gasteiger partial charge in [0.05, 0.1) is 23.7 Å². The van der Waals surface area contributed by atoms with Crippen LogP contribution in [-0.2, 0) is 6.54 Å². The third kappa shape index (κ3) is 2.14. The first-order valence-electron chi connectivity index (χ1n) is 5.80. The summed E-state index contributed by atoms with van der Waals surface area (Å²) >= 11 is 5.32. The molecule has 0 aliphatic heterocycles. The van der Waals surface area contributed by atoms with E-state index in [0.29, 0.717) is 16.9 Å². The molecule has 3 aromatic rings. The quantitative estimate of drug-likeness (QED) is 0.725. The summed E-state index contributed by atoms with van der Waals surface area (Å²) in [6.45, 7) is 0.603. The Hall–Kier alpha value is -2.45. The lowest BCUT2D eigenvalue weighted by Gasteiger charge is -2.04. The Morgan fingerprint density at radius 3 is 3.05 bits per heavy atom. The van der Waals surface area contributed by atoms with Gasteiger partial charge >= 0.3 is 0 Å². The minimum Gasteiger partial charge on any atom is -0.329 e. The molecule has 5 heteroatoms. The van der Waals surface area contributed by atoms with Gasteiger partial charge in [-0.2, -0.15) is 5.26 Å². The van der Waals surface area contributed by atoms with Crippen LogP contribution in [0.25, 0.3) is 11.2 Å². The van der Waals surface area contributed by atoms with Gasteiger partial charge in [0.15, 0.2) is 10.4 Å². The van der Waals surface area contributed by atoms with Gasteiger partial charge in [0.2, 0.25) is 0 Å². The van der Waals surface area contributed by atoms with Crippen LogP contribution >= 0.6 is 12.2 Å². The van der Waals surface area contributed by atoms with Gasteiger partial charge in [-0.25, -0.2) is 4.98 Å². The van der Waals surface area contributed by atoms with Crippen LogP contribution in [0.1, 0.15) is 11.1 Å². The Morgan fingerprint density at radius 1 is 1.32 bits per heavy atom. The highest BCUT2D eigenvalue weighted by molar-refractivity contribution is 7.71. The lowest BCUT2D eigenvalue weighted by atomic mass is 10.1. The maximum Gasteiger partial charge on any atom is 0.179 e.